The molecule has 0 unspecified atom stereocenters. The van der Waals surface area contributed by atoms with Crippen molar-refractivity contribution in [2.24, 2.45) is 0 Å². The summed E-state index contributed by atoms with van der Waals surface area (Å²) >= 11 is 1.63. The van der Waals surface area contributed by atoms with Crippen LogP contribution in [0.15, 0.2) is 35.5 Å². The summed E-state index contributed by atoms with van der Waals surface area (Å²) < 4.78 is 5.37. The standard InChI is InChI=1S/C15H17N3O3S/c1-18(14-8-16-11(7-17-14)15(19)20)9-10-4-5-13(22-3)12(6-10)21-2/h4-8H,9H2,1-3H3,(H,19,20). The molecular formula is C15H17N3O3S. The van der Waals surface area contributed by atoms with E-state index in [4.69, 9.17) is 9.84 Å². The van der Waals surface area contributed by atoms with E-state index in [0.717, 1.165) is 16.2 Å². The van der Waals surface area contributed by atoms with Crippen LogP contribution in [0.4, 0.5) is 5.82 Å². The molecule has 22 heavy (non-hydrogen) atoms. The summed E-state index contributed by atoms with van der Waals surface area (Å²) in [5, 5.41) is 8.82. The van der Waals surface area contributed by atoms with Crippen LogP contribution in [-0.2, 0) is 6.54 Å². The second kappa shape index (κ2) is 7.13. The van der Waals surface area contributed by atoms with Gasteiger partial charge in [0.1, 0.15) is 11.6 Å². The van der Waals surface area contributed by atoms with Crippen molar-refractivity contribution < 1.29 is 14.6 Å². The van der Waals surface area contributed by atoms with Crippen molar-refractivity contribution in [1.82, 2.24) is 9.97 Å². The van der Waals surface area contributed by atoms with Crippen LogP contribution >= 0.6 is 11.8 Å². The maximum atomic E-state index is 10.8. The molecule has 0 spiro atoms. The van der Waals surface area contributed by atoms with Gasteiger partial charge in [0.15, 0.2) is 5.69 Å². The third kappa shape index (κ3) is 3.67. The van der Waals surface area contributed by atoms with Crippen molar-refractivity contribution in [3.05, 3.63) is 41.9 Å². The van der Waals surface area contributed by atoms with Crippen LogP contribution in [0.1, 0.15) is 16.1 Å². The van der Waals surface area contributed by atoms with E-state index >= 15 is 0 Å². The fraction of sp³-hybridized carbons (Fsp3) is 0.267. The number of aromatic carboxylic acids is 1. The van der Waals surface area contributed by atoms with Crippen LogP contribution in [0.3, 0.4) is 0 Å². The number of hydrogen-bond donors (Lipinski definition) is 1. The van der Waals surface area contributed by atoms with Gasteiger partial charge in [-0.1, -0.05) is 6.07 Å². The number of carboxylic acids is 1. The first-order valence-electron chi connectivity index (χ1n) is 6.52. The summed E-state index contributed by atoms with van der Waals surface area (Å²) in [6.45, 7) is 0.617. The molecule has 0 aliphatic rings. The van der Waals surface area contributed by atoms with Crippen molar-refractivity contribution >= 4 is 23.5 Å². The molecule has 0 saturated carbocycles. The third-order valence-electron chi connectivity index (χ3n) is 3.12. The maximum absolute atomic E-state index is 10.8. The first kappa shape index (κ1) is 16.1. The predicted octanol–water partition coefficient (Wildman–Crippen LogP) is 2.54. The van der Waals surface area contributed by atoms with Crippen LogP contribution in [0.25, 0.3) is 0 Å². The summed E-state index contributed by atoms with van der Waals surface area (Å²) in [6, 6.07) is 6.04. The molecule has 2 rings (SSSR count). The van der Waals surface area contributed by atoms with Crippen LogP contribution in [0.5, 0.6) is 5.75 Å². The Bertz CT molecular complexity index is 662. The van der Waals surface area contributed by atoms with Gasteiger partial charge in [-0.3, -0.25) is 0 Å². The number of benzene rings is 1. The number of methoxy groups -OCH3 is 1. The van der Waals surface area contributed by atoms with Crippen molar-refractivity contribution in [3.63, 3.8) is 0 Å². The number of rotatable bonds is 6. The molecule has 0 aliphatic carbocycles. The minimum absolute atomic E-state index is 0.0665. The summed E-state index contributed by atoms with van der Waals surface area (Å²) in [4.78, 5) is 21.7. The molecule has 1 aromatic heterocycles. The Morgan fingerprint density at radius 2 is 2.14 bits per heavy atom. The predicted molar refractivity (Wildman–Crippen MR) is 85.9 cm³/mol. The fourth-order valence-electron chi connectivity index (χ4n) is 1.96. The summed E-state index contributed by atoms with van der Waals surface area (Å²) in [6.07, 6.45) is 4.71. The molecule has 1 heterocycles. The SMILES string of the molecule is COc1cc(CN(C)c2cnc(C(=O)O)cn2)ccc1SC. The molecule has 6 nitrogen and oxygen atoms in total. The average molecular weight is 319 g/mol. The molecule has 0 atom stereocenters. The Kier molecular flexibility index (Phi) is 5.21. The van der Waals surface area contributed by atoms with E-state index < -0.39 is 5.97 Å². The Morgan fingerprint density at radius 3 is 2.68 bits per heavy atom. The minimum Gasteiger partial charge on any atom is -0.496 e. The van der Waals surface area contributed by atoms with Crippen molar-refractivity contribution in [1.29, 1.82) is 0 Å². The van der Waals surface area contributed by atoms with E-state index in [0.29, 0.717) is 12.4 Å². The fourth-order valence-corrected chi connectivity index (χ4v) is 2.51. The van der Waals surface area contributed by atoms with Gasteiger partial charge in [-0.15, -0.1) is 11.8 Å². The van der Waals surface area contributed by atoms with Crippen molar-refractivity contribution in [2.75, 3.05) is 25.3 Å². The monoisotopic (exact) mass is 319 g/mol. The molecule has 0 amide bonds. The topological polar surface area (TPSA) is 75.5 Å². The molecule has 0 radical (unpaired) electrons. The van der Waals surface area contributed by atoms with Crippen molar-refractivity contribution in [2.45, 2.75) is 11.4 Å². The largest absolute Gasteiger partial charge is 0.496 e. The number of aromatic nitrogens is 2. The highest BCUT2D eigenvalue weighted by atomic mass is 32.2. The van der Waals surface area contributed by atoms with Gasteiger partial charge in [0.2, 0.25) is 0 Å². The Labute approximate surface area is 133 Å². The van der Waals surface area contributed by atoms with E-state index in [9.17, 15) is 4.79 Å². The molecule has 7 heteroatoms. The van der Waals surface area contributed by atoms with E-state index in [2.05, 4.69) is 9.97 Å². The highest BCUT2D eigenvalue weighted by molar-refractivity contribution is 7.98. The van der Waals surface area contributed by atoms with E-state index in [1.165, 1.54) is 12.4 Å². The third-order valence-corrected chi connectivity index (χ3v) is 3.89. The van der Waals surface area contributed by atoms with Gasteiger partial charge in [0.25, 0.3) is 0 Å². The number of nitrogens with zero attached hydrogens (tertiary/aromatic N) is 3. The quantitative estimate of drug-likeness (QED) is 0.820. The van der Waals surface area contributed by atoms with Gasteiger partial charge >= 0.3 is 5.97 Å². The second-order valence-electron chi connectivity index (χ2n) is 4.61. The Balaban J connectivity index is 2.14. The number of thioether (sulfide) groups is 1. The lowest BCUT2D eigenvalue weighted by atomic mass is 10.2. The van der Waals surface area contributed by atoms with Crippen LogP contribution in [0.2, 0.25) is 0 Å². The maximum Gasteiger partial charge on any atom is 0.356 e. The molecule has 116 valence electrons. The molecule has 0 fully saturated rings. The molecule has 2 aromatic rings. The zero-order chi connectivity index (χ0) is 16.1. The number of carboxylic acid groups (broad SMARTS) is 1. The lowest BCUT2D eigenvalue weighted by Gasteiger charge is -2.18. The van der Waals surface area contributed by atoms with Gasteiger partial charge in [-0.05, 0) is 24.0 Å². The van der Waals surface area contributed by atoms with Crippen molar-refractivity contribution in [3.8, 4) is 5.75 Å². The summed E-state index contributed by atoms with van der Waals surface area (Å²) in [7, 11) is 3.53. The first-order chi connectivity index (χ1) is 10.5. The first-order valence-corrected chi connectivity index (χ1v) is 7.75. The lowest BCUT2D eigenvalue weighted by molar-refractivity contribution is 0.0690. The van der Waals surface area contributed by atoms with Gasteiger partial charge in [0, 0.05) is 18.5 Å². The summed E-state index contributed by atoms with van der Waals surface area (Å²) in [5.41, 5.74) is 1.00. The van der Waals surface area contributed by atoms with Gasteiger partial charge in [0.05, 0.1) is 19.5 Å². The van der Waals surface area contributed by atoms with E-state index in [-0.39, 0.29) is 5.69 Å². The number of carbonyl (C=O) groups is 1. The second-order valence-corrected chi connectivity index (χ2v) is 5.46. The molecule has 1 N–H and O–H groups in total. The zero-order valence-electron chi connectivity index (χ0n) is 12.6. The highest BCUT2D eigenvalue weighted by Gasteiger charge is 2.10. The normalized spacial score (nSPS) is 10.3. The van der Waals surface area contributed by atoms with Crippen LogP contribution in [0, 0.1) is 0 Å². The molecular weight excluding hydrogens is 302 g/mol. The Morgan fingerprint density at radius 1 is 1.36 bits per heavy atom. The molecule has 0 saturated heterocycles. The number of anilines is 1. The van der Waals surface area contributed by atoms with Crippen LogP contribution < -0.4 is 9.64 Å². The smallest absolute Gasteiger partial charge is 0.356 e. The minimum atomic E-state index is -1.08. The van der Waals surface area contributed by atoms with Gasteiger partial charge in [-0.25, -0.2) is 14.8 Å². The average Bonchev–Trinajstić information content (AvgIpc) is 2.54. The molecule has 1 aromatic carbocycles. The molecule has 0 aliphatic heterocycles. The van der Waals surface area contributed by atoms with E-state index in [1.54, 1.807) is 18.9 Å². The Hall–Kier alpha value is -2.28. The number of ether oxygens (including phenoxy) is 1. The highest BCUT2D eigenvalue weighted by Crippen LogP contribution is 2.28. The van der Waals surface area contributed by atoms with Gasteiger partial charge in [-0.2, -0.15) is 0 Å². The number of hydrogen-bond acceptors (Lipinski definition) is 6. The molecule has 0 bridgehead atoms. The van der Waals surface area contributed by atoms with Crippen LogP contribution in [-0.4, -0.2) is 41.5 Å². The zero-order valence-corrected chi connectivity index (χ0v) is 13.4. The van der Waals surface area contributed by atoms with Gasteiger partial charge < -0.3 is 14.7 Å². The lowest BCUT2D eigenvalue weighted by Crippen LogP contribution is -2.18. The van der Waals surface area contributed by atoms with E-state index in [1.807, 2.05) is 36.4 Å². The summed E-state index contributed by atoms with van der Waals surface area (Å²) in [5.74, 6) is 0.364.